The maximum atomic E-state index is 12.4. The molecule has 5 heteroatoms. The normalized spacial score (nSPS) is 47.0. The molecule has 21 heavy (non-hydrogen) atoms. The molecule has 5 nitrogen and oxygen atoms in total. The van der Waals surface area contributed by atoms with Crippen molar-refractivity contribution in [1.29, 1.82) is 5.26 Å². The summed E-state index contributed by atoms with van der Waals surface area (Å²) in [5, 5.41) is 23.1. The number of nitrogens with one attached hydrogen (secondary N) is 1. The van der Waals surface area contributed by atoms with E-state index in [1.807, 2.05) is 0 Å². The Bertz CT molecular complexity index is 498. The highest BCUT2D eigenvalue weighted by Gasteiger charge is 2.61. The van der Waals surface area contributed by atoms with Crippen molar-refractivity contribution in [3.63, 3.8) is 0 Å². The van der Waals surface area contributed by atoms with Gasteiger partial charge in [0, 0.05) is 12.1 Å². The lowest BCUT2D eigenvalue weighted by Gasteiger charge is -2.44. The van der Waals surface area contributed by atoms with E-state index in [0.717, 1.165) is 44.9 Å². The summed E-state index contributed by atoms with van der Waals surface area (Å²) in [4.78, 5) is 14.1. The van der Waals surface area contributed by atoms with Crippen molar-refractivity contribution in [3.8, 4) is 6.07 Å². The third kappa shape index (κ3) is 2.08. The Morgan fingerprint density at radius 2 is 2.05 bits per heavy atom. The van der Waals surface area contributed by atoms with Gasteiger partial charge in [0.25, 0.3) is 0 Å². The van der Waals surface area contributed by atoms with Gasteiger partial charge in [-0.1, -0.05) is 0 Å². The van der Waals surface area contributed by atoms with Crippen LogP contribution in [-0.4, -0.2) is 46.2 Å². The molecule has 1 aliphatic heterocycles. The summed E-state index contributed by atoms with van der Waals surface area (Å²) in [6.07, 6.45) is 6.65. The van der Waals surface area contributed by atoms with Crippen LogP contribution in [0.1, 0.15) is 44.9 Å². The van der Waals surface area contributed by atoms with E-state index in [0.29, 0.717) is 24.9 Å². The third-order valence-corrected chi connectivity index (χ3v) is 6.26. The van der Waals surface area contributed by atoms with Crippen LogP contribution in [0.25, 0.3) is 0 Å². The first-order valence-corrected chi connectivity index (χ1v) is 8.19. The number of nitriles is 1. The van der Waals surface area contributed by atoms with E-state index in [1.54, 1.807) is 4.90 Å². The predicted octanol–water partition coefficient (Wildman–Crippen LogP) is 0.784. The van der Waals surface area contributed by atoms with Crippen molar-refractivity contribution >= 4 is 5.91 Å². The molecule has 4 bridgehead atoms. The van der Waals surface area contributed by atoms with Gasteiger partial charge in [-0.15, -0.1) is 0 Å². The van der Waals surface area contributed by atoms with Gasteiger partial charge in [0.2, 0.25) is 5.91 Å². The second-order valence-corrected chi connectivity index (χ2v) is 7.75. The SMILES string of the molecule is N#C[C@@H]1CCCN1C(=O)CNC12CC3CC(O)(CC3C1)C2. The highest BCUT2D eigenvalue weighted by atomic mass is 16.3. The topological polar surface area (TPSA) is 76.4 Å². The first-order chi connectivity index (χ1) is 10.0. The summed E-state index contributed by atoms with van der Waals surface area (Å²) in [5.74, 6) is 1.33. The van der Waals surface area contributed by atoms with E-state index in [2.05, 4.69) is 11.4 Å². The summed E-state index contributed by atoms with van der Waals surface area (Å²) >= 11 is 0. The third-order valence-electron chi connectivity index (χ3n) is 6.26. The molecule has 1 amide bonds. The fraction of sp³-hybridized carbons (Fsp3) is 0.875. The molecule has 4 aliphatic carbocycles. The Morgan fingerprint density at radius 3 is 2.67 bits per heavy atom. The van der Waals surface area contributed by atoms with Gasteiger partial charge in [-0.2, -0.15) is 5.26 Å². The quantitative estimate of drug-likeness (QED) is 0.805. The van der Waals surface area contributed by atoms with E-state index in [-0.39, 0.29) is 17.5 Å². The number of amides is 1. The van der Waals surface area contributed by atoms with E-state index in [4.69, 9.17) is 5.26 Å². The zero-order chi connectivity index (χ0) is 14.7. The van der Waals surface area contributed by atoms with Crippen molar-refractivity contribution < 1.29 is 9.90 Å². The zero-order valence-corrected chi connectivity index (χ0v) is 12.3. The minimum atomic E-state index is -0.481. The van der Waals surface area contributed by atoms with Crippen molar-refractivity contribution in [1.82, 2.24) is 10.2 Å². The van der Waals surface area contributed by atoms with Gasteiger partial charge in [0.05, 0.1) is 18.2 Å². The van der Waals surface area contributed by atoms with Gasteiger partial charge in [-0.25, -0.2) is 0 Å². The molecule has 1 saturated heterocycles. The Morgan fingerprint density at radius 1 is 1.33 bits per heavy atom. The number of nitrogens with zero attached hydrogens (tertiary/aromatic N) is 2. The molecular weight excluding hydrogens is 266 g/mol. The lowest BCUT2D eigenvalue weighted by Crippen LogP contribution is -2.56. The van der Waals surface area contributed by atoms with Gasteiger partial charge < -0.3 is 15.3 Å². The molecule has 0 aromatic heterocycles. The van der Waals surface area contributed by atoms with Crippen LogP contribution in [0.3, 0.4) is 0 Å². The van der Waals surface area contributed by atoms with Gasteiger partial charge in [-0.05, 0) is 56.8 Å². The minimum Gasteiger partial charge on any atom is -0.390 e. The van der Waals surface area contributed by atoms with E-state index >= 15 is 0 Å². The minimum absolute atomic E-state index is 0.0297. The van der Waals surface area contributed by atoms with Crippen LogP contribution in [0, 0.1) is 23.2 Å². The second kappa shape index (κ2) is 4.44. The molecule has 114 valence electrons. The van der Waals surface area contributed by atoms with E-state index in [1.165, 1.54) is 0 Å². The lowest BCUT2D eigenvalue weighted by atomic mass is 9.73. The molecule has 0 aromatic carbocycles. The zero-order valence-electron chi connectivity index (χ0n) is 12.3. The standard InChI is InChI=1S/C16H23N3O2/c17-8-13-2-1-3-19(13)14(20)9-18-15-4-11-6-16(21,10-15)7-12(11)5-15/h11-13,18,21H,1-7,9-10H2/t11?,12?,13-,15?,16?/m0/s1. The Kier molecular flexibility index (Phi) is 2.86. The number of aliphatic hydroxyl groups is 1. The molecular formula is C16H23N3O2. The molecule has 0 radical (unpaired) electrons. The summed E-state index contributed by atoms with van der Waals surface area (Å²) < 4.78 is 0. The molecule has 0 aromatic rings. The van der Waals surface area contributed by atoms with Crippen LogP contribution in [0.15, 0.2) is 0 Å². The Labute approximate surface area is 125 Å². The maximum Gasteiger partial charge on any atom is 0.237 e. The van der Waals surface area contributed by atoms with Gasteiger partial charge in [-0.3, -0.25) is 4.79 Å². The number of hydrogen-bond donors (Lipinski definition) is 2. The van der Waals surface area contributed by atoms with Crippen molar-refractivity contribution in [2.75, 3.05) is 13.1 Å². The molecule has 1 heterocycles. The predicted molar refractivity (Wildman–Crippen MR) is 76.1 cm³/mol. The van der Waals surface area contributed by atoms with Gasteiger partial charge in [0.1, 0.15) is 6.04 Å². The van der Waals surface area contributed by atoms with Crippen LogP contribution in [-0.2, 0) is 4.79 Å². The van der Waals surface area contributed by atoms with Crippen LogP contribution in [0.2, 0.25) is 0 Å². The summed E-state index contributed by atoms with van der Waals surface area (Å²) in [6, 6.07) is 1.98. The summed E-state index contributed by atoms with van der Waals surface area (Å²) in [7, 11) is 0. The number of likely N-dealkylation sites (tertiary alicyclic amines) is 1. The number of carbonyl (C=O) groups is 1. The fourth-order valence-electron chi connectivity index (χ4n) is 5.65. The van der Waals surface area contributed by atoms with Crippen molar-refractivity contribution in [2.24, 2.45) is 11.8 Å². The highest BCUT2D eigenvalue weighted by molar-refractivity contribution is 5.79. The first-order valence-electron chi connectivity index (χ1n) is 8.19. The van der Waals surface area contributed by atoms with Crippen LogP contribution < -0.4 is 5.32 Å². The molecule has 2 N–H and O–H groups in total. The molecule has 5 rings (SSSR count). The number of hydrogen-bond acceptors (Lipinski definition) is 4. The van der Waals surface area contributed by atoms with Gasteiger partial charge >= 0.3 is 0 Å². The van der Waals surface area contributed by atoms with Gasteiger partial charge in [0.15, 0.2) is 0 Å². The summed E-state index contributed by atoms with van der Waals surface area (Å²) in [6.45, 7) is 1.02. The van der Waals surface area contributed by atoms with Crippen LogP contribution in [0.5, 0.6) is 0 Å². The fourth-order valence-corrected chi connectivity index (χ4v) is 5.65. The average Bonchev–Trinajstić information content (AvgIpc) is 3.05. The maximum absolute atomic E-state index is 12.4. The molecule has 2 unspecified atom stereocenters. The lowest BCUT2D eigenvalue weighted by molar-refractivity contribution is -0.131. The Balaban J connectivity index is 1.40. The van der Waals surface area contributed by atoms with Crippen LogP contribution in [0.4, 0.5) is 0 Å². The average molecular weight is 289 g/mol. The molecule has 4 saturated carbocycles. The first kappa shape index (κ1) is 13.5. The monoisotopic (exact) mass is 289 g/mol. The number of rotatable bonds is 3. The molecule has 5 fully saturated rings. The van der Waals surface area contributed by atoms with E-state index in [9.17, 15) is 9.90 Å². The Hall–Kier alpha value is -1.12. The molecule has 0 spiro atoms. The summed E-state index contributed by atoms with van der Waals surface area (Å²) in [5.41, 5.74) is -0.511. The molecule has 5 aliphatic rings. The van der Waals surface area contributed by atoms with Crippen molar-refractivity contribution in [2.45, 2.75) is 62.1 Å². The van der Waals surface area contributed by atoms with Crippen molar-refractivity contribution in [3.05, 3.63) is 0 Å². The molecule has 3 atom stereocenters. The smallest absolute Gasteiger partial charge is 0.237 e. The highest BCUT2D eigenvalue weighted by Crippen LogP contribution is 2.61. The second-order valence-electron chi connectivity index (χ2n) is 7.75. The number of carbonyl (C=O) groups excluding carboxylic acids is 1. The largest absolute Gasteiger partial charge is 0.390 e. The van der Waals surface area contributed by atoms with E-state index < -0.39 is 5.60 Å². The van der Waals surface area contributed by atoms with Crippen LogP contribution >= 0.6 is 0 Å².